The Labute approximate surface area is 138 Å². The summed E-state index contributed by atoms with van der Waals surface area (Å²) in [5, 5.41) is 11.5. The standard InChI is InChI=1S/C15H18N4O3S/c1-10-17-18-15(19(10)2)23-9-13(20)16-8-11-4-6-12(7-5-11)14(21)22-3/h4-7H,8-9H2,1-3H3,(H,16,20). The summed E-state index contributed by atoms with van der Waals surface area (Å²) in [7, 11) is 3.20. The van der Waals surface area contributed by atoms with Gasteiger partial charge in [0.2, 0.25) is 5.91 Å². The predicted octanol–water partition coefficient (Wildman–Crippen LogP) is 1.32. The Bertz CT molecular complexity index is 697. The van der Waals surface area contributed by atoms with Gasteiger partial charge in [0.25, 0.3) is 0 Å². The van der Waals surface area contributed by atoms with Crippen LogP contribution in [-0.4, -0.2) is 39.5 Å². The van der Waals surface area contributed by atoms with E-state index in [0.29, 0.717) is 17.3 Å². The molecule has 0 aliphatic carbocycles. The molecule has 0 saturated carbocycles. The highest BCUT2D eigenvalue weighted by atomic mass is 32.2. The van der Waals surface area contributed by atoms with Gasteiger partial charge in [0.15, 0.2) is 5.16 Å². The first-order chi connectivity index (χ1) is 11.0. The third-order valence-corrected chi connectivity index (χ3v) is 4.27. The number of hydrogen-bond donors (Lipinski definition) is 1. The number of ether oxygens (including phenoxy) is 1. The summed E-state index contributed by atoms with van der Waals surface area (Å²) in [4.78, 5) is 23.2. The van der Waals surface area contributed by atoms with Gasteiger partial charge in [-0.3, -0.25) is 4.79 Å². The van der Waals surface area contributed by atoms with Crippen LogP contribution in [0, 0.1) is 6.92 Å². The molecule has 1 aromatic heterocycles. The monoisotopic (exact) mass is 334 g/mol. The van der Waals surface area contributed by atoms with E-state index in [1.54, 1.807) is 24.3 Å². The van der Waals surface area contributed by atoms with Gasteiger partial charge in [-0.05, 0) is 24.6 Å². The molecule has 122 valence electrons. The molecule has 23 heavy (non-hydrogen) atoms. The predicted molar refractivity (Wildman–Crippen MR) is 86.1 cm³/mol. The van der Waals surface area contributed by atoms with Gasteiger partial charge in [0, 0.05) is 13.6 Å². The molecule has 7 nitrogen and oxygen atoms in total. The van der Waals surface area contributed by atoms with E-state index in [0.717, 1.165) is 11.4 Å². The fourth-order valence-electron chi connectivity index (χ4n) is 1.77. The second-order valence-corrected chi connectivity index (χ2v) is 5.79. The number of rotatable bonds is 6. The molecule has 8 heteroatoms. The molecule has 0 radical (unpaired) electrons. The van der Waals surface area contributed by atoms with Gasteiger partial charge in [0.05, 0.1) is 18.4 Å². The van der Waals surface area contributed by atoms with Crippen LogP contribution in [0.15, 0.2) is 29.4 Å². The number of aryl methyl sites for hydroxylation is 1. The number of carbonyl (C=O) groups is 2. The maximum atomic E-state index is 11.9. The van der Waals surface area contributed by atoms with Gasteiger partial charge in [-0.2, -0.15) is 0 Å². The van der Waals surface area contributed by atoms with Crippen molar-refractivity contribution in [3.8, 4) is 0 Å². The molecule has 1 heterocycles. The normalized spacial score (nSPS) is 10.4. The molecule has 0 unspecified atom stereocenters. The molecular weight excluding hydrogens is 316 g/mol. The summed E-state index contributed by atoms with van der Waals surface area (Å²) in [6.45, 7) is 2.26. The SMILES string of the molecule is COC(=O)c1ccc(CNC(=O)CSc2nnc(C)n2C)cc1. The van der Waals surface area contributed by atoms with Gasteiger partial charge in [-0.1, -0.05) is 23.9 Å². The third kappa shape index (κ3) is 4.56. The molecule has 0 saturated heterocycles. The second-order valence-electron chi connectivity index (χ2n) is 4.84. The summed E-state index contributed by atoms with van der Waals surface area (Å²) in [6, 6.07) is 6.91. The zero-order chi connectivity index (χ0) is 16.8. The summed E-state index contributed by atoms with van der Waals surface area (Å²) in [6.07, 6.45) is 0. The highest BCUT2D eigenvalue weighted by Gasteiger charge is 2.09. The first-order valence-corrected chi connectivity index (χ1v) is 7.92. The maximum absolute atomic E-state index is 11.9. The van der Waals surface area contributed by atoms with Crippen LogP contribution < -0.4 is 5.32 Å². The first-order valence-electron chi connectivity index (χ1n) is 6.94. The Morgan fingerprint density at radius 3 is 2.52 bits per heavy atom. The van der Waals surface area contributed by atoms with Gasteiger partial charge >= 0.3 is 5.97 Å². The lowest BCUT2D eigenvalue weighted by Crippen LogP contribution is -2.24. The molecule has 1 N–H and O–H groups in total. The number of nitrogens with zero attached hydrogens (tertiary/aromatic N) is 3. The van der Waals surface area contributed by atoms with Gasteiger partial charge in [-0.25, -0.2) is 4.79 Å². The van der Waals surface area contributed by atoms with Crippen molar-refractivity contribution in [2.45, 2.75) is 18.6 Å². The number of carbonyl (C=O) groups excluding carboxylic acids is 2. The Kier molecular flexibility index (Phi) is 5.75. The minimum absolute atomic E-state index is 0.0901. The average molecular weight is 334 g/mol. The van der Waals surface area contributed by atoms with Crippen LogP contribution in [0.4, 0.5) is 0 Å². The summed E-state index contributed by atoms with van der Waals surface area (Å²) >= 11 is 1.34. The van der Waals surface area contributed by atoms with E-state index in [4.69, 9.17) is 0 Å². The van der Waals surface area contributed by atoms with Crippen LogP contribution in [0.2, 0.25) is 0 Å². The highest BCUT2D eigenvalue weighted by Crippen LogP contribution is 2.14. The van der Waals surface area contributed by atoms with Crippen molar-refractivity contribution in [2.75, 3.05) is 12.9 Å². The van der Waals surface area contributed by atoms with Crippen LogP contribution in [0.1, 0.15) is 21.7 Å². The number of esters is 1. The van der Waals surface area contributed by atoms with Crippen molar-refractivity contribution in [3.63, 3.8) is 0 Å². The summed E-state index contributed by atoms with van der Waals surface area (Å²) in [5.74, 6) is 0.605. The van der Waals surface area contributed by atoms with E-state index in [-0.39, 0.29) is 17.6 Å². The molecule has 0 aliphatic rings. The van der Waals surface area contributed by atoms with Crippen molar-refractivity contribution in [1.82, 2.24) is 20.1 Å². The number of thioether (sulfide) groups is 1. The molecule has 0 fully saturated rings. The number of benzene rings is 1. The van der Waals surface area contributed by atoms with Crippen LogP contribution in [-0.2, 0) is 23.1 Å². The van der Waals surface area contributed by atoms with Crippen LogP contribution in [0.25, 0.3) is 0 Å². The lowest BCUT2D eigenvalue weighted by Gasteiger charge is -2.06. The molecule has 1 amide bonds. The number of methoxy groups -OCH3 is 1. The van der Waals surface area contributed by atoms with Gasteiger partial charge < -0.3 is 14.6 Å². The Balaban J connectivity index is 1.80. The van der Waals surface area contributed by atoms with Crippen LogP contribution in [0.5, 0.6) is 0 Å². The Morgan fingerprint density at radius 2 is 1.96 bits per heavy atom. The summed E-state index contributed by atoms with van der Waals surface area (Å²) < 4.78 is 6.47. The van der Waals surface area contributed by atoms with Crippen LogP contribution >= 0.6 is 11.8 Å². The zero-order valence-electron chi connectivity index (χ0n) is 13.2. The first kappa shape index (κ1) is 17.0. The molecule has 1 aromatic carbocycles. The van der Waals surface area contributed by atoms with Crippen molar-refractivity contribution >= 4 is 23.6 Å². The topological polar surface area (TPSA) is 86.1 Å². The van der Waals surface area contributed by atoms with E-state index >= 15 is 0 Å². The van der Waals surface area contributed by atoms with E-state index in [1.165, 1.54) is 18.9 Å². The van der Waals surface area contributed by atoms with Crippen molar-refractivity contribution in [3.05, 3.63) is 41.2 Å². The zero-order valence-corrected chi connectivity index (χ0v) is 14.0. The third-order valence-electron chi connectivity index (χ3n) is 3.25. The average Bonchev–Trinajstić information content (AvgIpc) is 2.89. The molecule has 2 aromatic rings. The number of hydrogen-bond acceptors (Lipinski definition) is 6. The summed E-state index contributed by atoms with van der Waals surface area (Å²) in [5.41, 5.74) is 1.39. The molecule has 0 spiro atoms. The highest BCUT2D eigenvalue weighted by molar-refractivity contribution is 7.99. The minimum atomic E-state index is -0.379. The molecule has 0 aliphatic heterocycles. The quantitative estimate of drug-likeness (QED) is 0.633. The smallest absolute Gasteiger partial charge is 0.337 e. The van der Waals surface area contributed by atoms with E-state index in [2.05, 4.69) is 20.3 Å². The number of aromatic nitrogens is 3. The lowest BCUT2D eigenvalue weighted by atomic mass is 10.1. The fourth-order valence-corrected chi connectivity index (χ4v) is 2.56. The molecular formula is C15H18N4O3S. The Hall–Kier alpha value is -2.35. The number of nitrogens with one attached hydrogen (secondary N) is 1. The lowest BCUT2D eigenvalue weighted by molar-refractivity contribution is -0.118. The largest absolute Gasteiger partial charge is 0.465 e. The Morgan fingerprint density at radius 1 is 1.26 bits per heavy atom. The van der Waals surface area contributed by atoms with E-state index in [1.807, 2.05) is 18.5 Å². The fraction of sp³-hybridized carbons (Fsp3) is 0.333. The van der Waals surface area contributed by atoms with Gasteiger partial charge in [0.1, 0.15) is 5.82 Å². The maximum Gasteiger partial charge on any atom is 0.337 e. The van der Waals surface area contributed by atoms with E-state index < -0.39 is 0 Å². The molecule has 0 bridgehead atoms. The van der Waals surface area contributed by atoms with Crippen molar-refractivity contribution < 1.29 is 14.3 Å². The molecule has 0 atom stereocenters. The van der Waals surface area contributed by atoms with Crippen molar-refractivity contribution in [1.29, 1.82) is 0 Å². The minimum Gasteiger partial charge on any atom is -0.465 e. The molecule has 2 rings (SSSR count). The second kappa shape index (κ2) is 7.77. The van der Waals surface area contributed by atoms with Crippen molar-refractivity contribution in [2.24, 2.45) is 7.05 Å². The van der Waals surface area contributed by atoms with E-state index in [9.17, 15) is 9.59 Å². The number of amides is 1. The van der Waals surface area contributed by atoms with Crippen LogP contribution in [0.3, 0.4) is 0 Å². The van der Waals surface area contributed by atoms with Gasteiger partial charge in [-0.15, -0.1) is 10.2 Å².